The lowest BCUT2D eigenvalue weighted by Crippen LogP contribution is -2.26. The number of hydrogen-bond donors (Lipinski definition) is 1. The number of nitrogens with zero attached hydrogens (tertiary/aromatic N) is 3. The quantitative estimate of drug-likeness (QED) is 0.776. The first-order valence-electron chi connectivity index (χ1n) is 7.94. The highest BCUT2D eigenvalue weighted by Crippen LogP contribution is 2.27. The summed E-state index contributed by atoms with van der Waals surface area (Å²) in [4.78, 5) is 22.9. The molecule has 3 aromatic rings. The number of anilines is 1. The van der Waals surface area contributed by atoms with E-state index in [9.17, 15) is 4.79 Å². The van der Waals surface area contributed by atoms with Crippen LogP contribution < -0.4 is 10.1 Å². The molecule has 3 rings (SSSR count). The van der Waals surface area contributed by atoms with E-state index in [0.717, 1.165) is 22.2 Å². The van der Waals surface area contributed by atoms with Crippen LogP contribution in [-0.4, -0.2) is 42.0 Å². The van der Waals surface area contributed by atoms with E-state index in [4.69, 9.17) is 4.74 Å². The summed E-state index contributed by atoms with van der Waals surface area (Å²) >= 11 is 0. The van der Waals surface area contributed by atoms with Crippen molar-refractivity contribution in [3.63, 3.8) is 0 Å². The minimum atomic E-state index is -0.0632. The van der Waals surface area contributed by atoms with Gasteiger partial charge in [-0.3, -0.25) is 9.78 Å². The highest BCUT2D eigenvalue weighted by Gasteiger charge is 2.15. The first kappa shape index (κ1) is 16.7. The Morgan fingerprint density at radius 2 is 2.04 bits per heavy atom. The van der Waals surface area contributed by atoms with Gasteiger partial charge in [0.15, 0.2) is 0 Å². The predicted molar refractivity (Wildman–Crippen MR) is 97.9 cm³/mol. The van der Waals surface area contributed by atoms with Crippen molar-refractivity contribution in [2.75, 3.05) is 26.5 Å². The van der Waals surface area contributed by atoms with Crippen molar-refractivity contribution < 1.29 is 9.53 Å². The lowest BCUT2D eigenvalue weighted by atomic mass is 10.1. The lowest BCUT2D eigenvalue weighted by Gasteiger charge is -2.19. The van der Waals surface area contributed by atoms with E-state index in [-0.39, 0.29) is 5.91 Å². The number of hydrogen-bond acceptors (Lipinski definition) is 5. The number of nitrogens with one attached hydrogen (secondary N) is 1. The third kappa shape index (κ3) is 3.38. The Morgan fingerprint density at radius 3 is 2.80 bits per heavy atom. The van der Waals surface area contributed by atoms with Gasteiger partial charge >= 0.3 is 0 Å². The Kier molecular flexibility index (Phi) is 4.79. The molecule has 0 aliphatic heterocycles. The van der Waals surface area contributed by atoms with Crippen LogP contribution in [0.25, 0.3) is 10.9 Å². The molecular formula is C19H20N4O2. The van der Waals surface area contributed by atoms with Crippen molar-refractivity contribution >= 4 is 22.6 Å². The third-order valence-corrected chi connectivity index (χ3v) is 4.06. The number of ether oxygens (including phenoxy) is 1. The molecule has 0 bridgehead atoms. The van der Waals surface area contributed by atoms with Crippen molar-refractivity contribution in [1.29, 1.82) is 0 Å². The van der Waals surface area contributed by atoms with Crippen LogP contribution in [0.4, 0.5) is 5.82 Å². The average molecular weight is 336 g/mol. The number of benzene rings is 1. The van der Waals surface area contributed by atoms with Crippen LogP contribution in [0.2, 0.25) is 0 Å². The normalized spacial score (nSPS) is 10.5. The van der Waals surface area contributed by atoms with E-state index in [1.807, 2.05) is 24.3 Å². The second-order valence-corrected chi connectivity index (χ2v) is 5.67. The van der Waals surface area contributed by atoms with Gasteiger partial charge in [-0.25, -0.2) is 4.98 Å². The van der Waals surface area contributed by atoms with Crippen LogP contribution in [0.5, 0.6) is 5.75 Å². The maximum absolute atomic E-state index is 12.7. The summed E-state index contributed by atoms with van der Waals surface area (Å²) in [6.07, 6.45) is 3.36. The van der Waals surface area contributed by atoms with Crippen molar-refractivity contribution in [3.8, 4) is 5.75 Å². The molecule has 128 valence electrons. The number of methoxy groups -OCH3 is 1. The molecule has 0 fully saturated rings. The van der Waals surface area contributed by atoms with E-state index in [0.29, 0.717) is 17.9 Å². The maximum atomic E-state index is 12.7. The molecular weight excluding hydrogens is 316 g/mol. The van der Waals surface area contributed by atoms with Crippen LogP contribution >= 0.6 is 0 Å². The number of pyridine rings is 2. The molecule has 6 nitrogen and oxygen atoms in total. The average Bonchev–Trinajstić information content (AvgIpc) is 2.67. The highest BCUT2D eigenvalue weighted by molar-refractivity contribution is 5.95. The Hall–Kier alpha value is -3.15. The Morgan fingerprint density at radius 1 is 1.20 bits per heavy atom. The highest BCUT2D eigenvalue weighted by atomic mass is 16.5. The van der Waals surface area contributed by atoms with Gasteiger partial charge in [0.2, 0.25) is 0 Å². The minimum absolute atomic E-state index is 0.0632. The van der Waals surface area contributed by atoms with E-state index < -0.39 is 0 Å². The predicted octanol–water partition coefficient (Wildman–Crippen LogP) is 2.95. The molecule has 2 aromatic heterocycles. The Bertz CT molecular complexity index is 911. The molecule has 0 atom stereocenters. The number of carbonyl (C=O) groups excluding carboxylic acids is 1. The number of carbonyl (C=O) groups is 1. The number of aromatic nitrogens is 2. The topological polar surface area (TPSA) is 67.4 Å². The second kappa shape index (κ2) is 7.17. The van der Waals surface area contributed by atoms with Gasteiger partial charge in [-0.1, -0.05) is 12.1 Å². The van der Waals surface area contributed by atoms with Gasteiger partial charge in [-0.15, -0.1) is 0 Å². The molecule has 0 radical (unpaired) electrons. The molecule has 0 spiro atoms. The lowest BCUT2D eigenvalue weighted by molar-refractivity contribution is 0.0785. The molecule has 0 saturated carbocycles. The number of rotatable bonds is 5. The zero-order valence-corrected chi connectivity index (χ0v) is 14.5. The molecule has 1 N–H and O–H groups in total. The van der Waals surface area contributed by atoms with E-state index >= 15 is 0 Å². The summed E-state index contributed by atoms with van der Waals surface area (Å²) in [5.74, 6) is 1.33. The van der Waals surface area contributed by atoms with Gasteiger partial charge in [0.05, 0.1) is 7.11 Å². The van der Waals surface area contributed by atoms with Gasteiger partial charge in [-0.05, 0) is 29.8 Å². The molecule has 0 unspecified atom stereocenters. The first-order valence-corrected chi connectivity index (χ1v) is 7.94. The molecule has 1 aromatic carbocycles. The zero-order valence-electron chi connectivity index (χ0n) is 14.5. The van der Waals surface area contributed by atoms with Crippen LogP contribution in [0.15, 0.2) is 48.8 Å². The van der Waals surface area contributed by atoms with Crippen LogP contribution in [0.3, 0.4) is 0 Å². The maximum Gasteiger partial charge on any atom is 0.254 e. The number of fused-ring (bicyclic) bond motifs is 1. The zero-order chi connectivity index (χ0) is 17.8. The number of amides is 1. The van der Waals surface area contributed by atoms with E-state index in [1.165, 1.54) is 0 Å². The molecule has 2 heterocycles. The van der Waals surface area contributed by atoms with Gasteiger partial charge in [-0.2, -0.15) is 0 Å². The second-order valence-electron chi connectivity index (χ2n) is 5.67. The Balaban J connectivity index is 1.89. The van der Waals surface area contributed by atoms with Gasteiger partial charge in [0, 0.05) is 44.0 Å². The summed E-state index contributed by atoms with van der Waals surface area (Å²) in [6.45, 7) is 0.474. The van der Waals surface area contributed by atoms with Gasteiger partial charge in [0.1, 0.15) is 17.1 Å². The molecule has 1 amide bonds. The van der Waals surface area contributed by atoms with Crippen molar-refractivity contribution in [2.45, 2.75) is 6.54 Å². The fraction of sp³-hybridized carbons (Fsp3) is 0.211. The molecule has 0 aliphatic carbocycles. The van der Waals surface area contributed by atoms with Crippen molar-refractivity contribution in [2.24, 2.45) is 0 Å². The standard InChI is InChI=1S/C19H20N4O2/c1-20-17-11-13(8-10-21-17)19(24)23(2)12-14-6-7-16(25-3)18-15(14)5-4-9-22-18/h4-11H,12H2,1-3H3,(H,20,21). The Labute approximate surface area is 146 Å². The summed E-state index contributed by atoms with van der Waals surface area (Å²) in [6, 6.07) is 11.2. The molecule has 0 aliphatic rings. The molecule has 6 heteroatoms. The van der Waals surface area contributed by atoms with Gasteiger partial charge in [0.25, 0.3) is 5.91 Å². The van der Waals surface area contributed by atoms with Crippen LogP contribution in [0.1, 0.15) is 15.9 Å². The van der Waals surface area contributed by atoms with Crippen LogP contribution in [-0.2, 0) is 6.54 Å². The monoisotopic (exact) mass is 336 g/mol. The van der Waals surface area contributed by atoms with Gasteiger partial charge < -0.3 is 15.0 Å². The minimum Gasteiger partial charge on any atom is -0.494 e. The third-order valence-electron chi connectivity index (χ3n) is 4.06. The summed E-state index contributed by atoms with van der Waals surface area (Å²) in [5.41, 5.74) is 2.41. The smallest absolute Gasteiger partial charge is 0.254 e. The summed E-state index contributed by atoms with van der Waals surface area (Å²) in [7, 11) is 5.19. The van der Waals surface area contributed by atoms with E-state index in [2.05, 4.69) is 15.3 Å². The summed E-state index contributed by atoms with van der Waals surface area (Å²) in [5, 5.41) is 3.92. The summed E-state index contributed by atoms with van der Waals surface area (Å²) < 4.78 is 5.37. The van der Waals surface area contributed by atoms with E-state index in [1.54, 1.807) is 50.6 Å². The van der Waals surface area contributed by atoms with Crippen LogP contribution in [0, 0.1) is 0 Å². The fourth-order valence-electron chi connectivity index (χ4n) is 2.76. The largest absolute Gasteiger partial charge is 0.494 e. The first-order chi connectivity index (χ1) is 12.1. The fourth-order valence-corrected chi connectivity index (χ4v) is 2.76. The van der Waals surface area contributed by atoms with Crippen molar-refractivity contribution in [3.05, 3.63) is 59.9 Å². The molecule has 25 heavy (non-hydrogen) atoms. The SMILES string of the molecule is CNc1cc(C(=O)N(C)Cc2ccc(OC)c3ncccc23)ccn1. The van der Waals surface area contributed by atoms with Crippen molar-refractivity contribution in [1.82, 2.24) is 14.9 Å². The molecule has 0 saturated heterocycles.